The van der Waals surface area contributed by atoms with E-state index in [-0.39, 0.29) is 0 Å². The predicted octanol–water partition coefficient (Wildman–Crippen LogP) is 0.756. The average molecular weight is 185 g/mol. The molecule has 0 fully saturated rings. The molecular formula is C4H9O4S2-. The highest BCUT2D eigenvalue weighted by molar-refractivity contribution is 8.18. The van der Waals surface area contributed by atoms with Crippen molar-refractivity contribution in [3.05, 3.63) is 0 Å². The molecule has 0 aromatic heterocycles. The molecule has 0 atom stereocenters. The third-order valence-corrected chi connectivity index (χ3v) is 0.464. The summed E-state index contributed by atoms with van der Waals surface area (Å²) in [5.74, 6) is -0.711. The van der Waals surface area contributed by atoms with Crippen LogP contribution in [0.3, 0.4) is 0 Å². The van der Waals surface area contributed by atoms with Crippen LogP contribution in [-0.4, -0.2) is 15.6 Å². The van der Waals surface area contributed by atoms with Gasteiger partial charge < -0.3 is 13.9 Å². The van der Waals surface area contributed by atoms with Gasteiger partial charge in [-0.15, -0.1) is 0 Å². The fraction of sp³-hybridized carbons (Fsp3) is 0.750. The van der Waals surface area contributed by atoms with E-state index in [1.165, 1.54) is 0 Å². The maximum absolute atomic E-state index is 9.60. The fourth-order valence-corrected chi connectivity index (χ4v) is 0.214. The molecule has 0 aromatic carbocycles. The zero-order valence-electron chi connectivity index (χ0n) is 5.44. The minimum Gasteiger partial charge on any atom is -0.481 e. The van der Waals surface area contributed by atoms with Gasteiger partial charge in [-0.05, 0) is 6.42 Å². The summed E-state index contributed by atoms with van der Waals surface area (Å²) >= 11 is 3.65. The molecule has 0 aromatic rings. The Bertz CT molecular complexity index is 143. The molecule has 0 aliphatic heterocycles. The molecule has 0 aliphatic carbocycles. The largest absolute Gasteiger partial charge is 0.481 e. The standard InChI is InChI=1S/C4H8O2.HO2S2/c1-2-3-4(5)6;1-4(2)3/h2-3H2,1H3,(H,5,6);(H,1,2,3)/q;-1. The maximum atomic E-state index is 9.60. The van der Waals surface area contributed by atoms with Crippen LogP contribution in [-0.2, 0) is 29.8 Å². The first-order valence-corrected chi connectivity index (χ1v) is 4.54. The Morgan fingerprint density at radius 1 is 1.70 bits per heavy atom. The monoisotopic (exact) mass is 185 g/mol. The SMILES string of the molecule is CCCC(=O)O.O=[S-](O)=S. The van der Waals surface area contributed by atoms with Crippen LogP contribution in [0.5, 0.6) is 0 Å². The van der Waals surface area contributed by atoms with Gasteiger partial charge in [0.2, 0.25) is 0 Å². The molecule has 0 saturated carbocycles. The maximum Gasteiger partial charge on any atom is 0.303 e. The third kappa shape index (κ3) is 46.0. The van der Waals surface area contributed by atoms with Crippen LogP contribution in [0.4, 0.5) is 0 Å². The lowest BCUT2D eigenvalue weighted by atomic mass is 10.4. The second-order valence-electron chi connectivity index (χ2n) is 1.36. The van der Waals surface area contributed by atoms with Crippen LogP contribution < -0.4 is 0 Å². The summed E-state index contributed by atoms with van der Waals surface area (Å²) in [4.78, 5) is 9.60. The van der Waals surface area contributed by atoms with E-state index in [9.17, 15) is 4.79 Å². The van der Waals surface area contributed by atoms with Gasteiger partial charge in [0, 0.05) is 6.42 Å². The van der Waals surface area contributed by atoms with E-state index in [1.54, 1.807) is 0 Å². The number of rotatable bonds is 2. The third-order valence-electron chi connectivity index (χ3n) is 0.464. The average Bonchev–Trinajstić information content (AvgIpc) is 1.62. The van der Waals surface area contributed by atoms with E-state index in [0.29, 0.717) is 6.42 Å². The topological polar surface area (TPSA) is 74.6 Å². The second-order valence-corrected chi connectivity index (χ2v) is 2.65. The summed E-state index contributed by atoms with van der Waals surface area (Å²) in [6.07, 6.45) is 1.02. The van der Waals surface area contributed by atoms with E-state index in [0.717, 1.165) is 6.42 Å². The van der Waals surface area contributed by atoms with Crippen LogP contribution in [0.1, 0.15) is 19.8 Å². The Morgan fingerprint density at radius 2 is 2.00 bits per heavy atom. The van der Waals surface area contributed by atoms with Crippen molar-refractivity contribution < 1.29 is 18.7 Å². The van der Waals surface area contributed by atoms with Crippen LogP contribution in [0.25, 0.3) is 0 Å². The molecule has 0 spiro atoms. The number of hydrogen-bond acceptors (Lipinski definition) is 4. The Labute approximate surface area is 65.8 Å². The number of carboxylic acids is 1. The van der Waals surface area contributed by atoms with Crippen molar-refractivity contribution in [2.75, 3.05) is 0 Å². The highest BCUT2D eigenvalue weighted by Gasteiger charge is 1.87. The molecule has 0 aliphatic rings. The van der Waals surface area contributed by atoms with Gasteiger partial charge >= 0.3 is 5.97 Å². The highest BCUT2D eigenvalue weighted by Crippen LogP contribution is 1.82. The minimum absolute atomic E-state index is 0.292. The molecule has 0 saturated heterocycles. The van der Waals surface area contributed by atoms with Crippen molar-refractivity contribution in [2.45, 2.75) is 19.8 Å². The molecule has 62 valence electrons. The smallest absolute Gasteiger partial charge is 0.303 e. The van der Waals surface area contributed by atoms with Gasteiger partial charge in [0.25, 0.3) is 0 Å². The predicted molar refractivity (Wildman–Crippen MR) is 40.6 cm³/mol. The van der Waals surface area contributed by atoms with Gasteiger partial charge in [-0.3, -0.25) is 4.79 Å². The van der Waals surface area contributed by atoms with Crippen molar-refractivity contribution in [1.82, 2.24) is 0 Å². The first kappa shape index (κ1) is 12.5. The molecule has 0 radical (unpaired) electrons. The minimum atomic E-state index is -2.03. The van der Waals surface area contributed by atoms with Crippen molar-refractivity contribution in [3.63, 3.8) is 0 Å². The summed E-state index contributed by atoms with van der Waals surface area (Å²) in [5, 5.41) is 7.91. The first-order chi connectivity index (χ1) is 4.50. The summed E-state index contributed by atoms with van der Waals surface area (Å²) in [7, 11) is -2.03. The molecular weight excluding hydrogens is 176 g/mol. The van der Waals surface area contributed by atoms with Gasteiger partial charge in [-0.2, -0.15) is 0 Å². The van der Waals surface area contributed by atoms with E-state index in [4.69, 9.17) is 13.9 Å². The molecule has 6 heteroatoms. The highest BCUT2D eigenvalue weighted by atomic mass is 32.8. The molecule has 0 bridgehead atoms. The van der Waals surface area contributed by atoms with E-state index in [2.05, 4.69) is 11.2 Å². The number of hydrogen-bond donors (Lipinski definition) is 2. The molecule has 0 amide bonds. The molecule has 0 unspecified atom stereocenters. The molecule has 0 heterocycles. The first-order valence-electron chi connectivity index (χ1n) is 2.50. The molecule has 10 heavy (non-hydrogen) atoms. The van der Waals surface area contributed by atoms with Gasteiger partial charge in [0.05, 0.1) is 0 Å². The lowest BCUT2D eigenvalue weighted by Crippen LogP contribution is -1.90. The summed E-state index contributed by atoms with van der Waals surface area (Å²) < 4.78 is 16.3. The number of aliphatic carboxylic acids is 1. The lowest BCUT2D eigenvalue weighted by molar-refractivity contribution is -0.137. The van der Waals surface area contributed by atoms with Crippen molar-refractivity contribution in [1.29, 1.82) is 0 Å². The van der Waals surface area contributed by atoms with Crippen LogP contribution in [0.2, 0.25) is 0 Å². The van der Waals surface area contributed by atoms with Gasteiger partial charge in [-0.25, -0.2) is 11.2 Å². The summed E-state index contributed by atoms with van der Waals surface area (Å²) in [6, 6.07) is 0. The van der Waals surface area contributed by atoms with E-state index in [1.807, 2.05) is 6.92 Å². The summed E-state index contributed by atoms with van der Waals surface area (Å²) in [6.45, 7) is 1.84. The Hall–Kier alpha value is -0.200. The molecule has 2 N–H and O–H groups in total. The Balaban J connectivity index is 0. The zero-order valence-corrected chi connectivity index (χ0v) is 7.07. The number of carbonyl (C=O) groups is 1. The van der Waals surface area contributed by atoms with Crippen LogP contribution in [0, 0.1) is 0 Å². The fourth-order valence-electron chi connectivity index (χ4n) is 0.214. The zero-order chi connectivity index (χ0) is 8.57. The van der Waals surface area contributed by atoms with Crippen LogP contribution in [0.15, 0.2) is 0 Å². The normalized spacial score (nSPS) is 8.30. The molecule has 0 rings (SSSR count). The quantitative estimate of drug-likeness (QED) is 0.490. The Kier molecular flexibility index (Phi) is 11.0. The molecule has 4 nitrogen and oxygen atoms in total. The number of carboxylic acid groups (broad SMARTS) is 1. The van der Waals surface area contributed by atoms with E-state index < -0.39 is 15.6 Å². The van der Waals surface area contributed by atoms with Crippen LogP contribution >= 0.6 is 0 Å². The van der Waals surface area contributed by atoms with E-state index >= 15 is 0 Å². The lowest BCUT2D eigenvalue weighted by Gasteiger charge is -1.79. The van der Waals surface area contributed by atoms with Gasteiger partial charge in [-0.1, -0.05) is 16.6 Å². The van der Waals surface area contributed by atoms with Crippen molar-refractivity contribution in [3.8, 4) is 0 Å². The van der Waals surface area contributed by atoms with Gasteiger partial charge in [0.1, 0.15) is 0 Å². The van der Waals surface area contributed by atoms with Crippen molar-refractivity contribution in [2.24, 2.45) is 0 Å². The second kappa shape index (κ2) is 8.80. The Morgan fingerprint density at radius 3 is 2.00 bits per heavy atom. The van der Waals surface area contributed by atoms with Crippen molar-refractivity contribution >= 4 is 26.8 Å². The van der Waals surface area contributed by atoms with Gasteiger partial charge in [0.15, 0.2) is 0 Å². The summed E-state index contributed by atoms with van der Waals surface area (Å²) in [5.41, 5.74) is 0.